The fourth-order valence-corrected chi connectivity index (χ4v) is 3.27. The molecule has 0 aliphatic heterocycles. The average Bonchev–Trinajstić information content (AvgIpc) is 2.72. The highest BCUT2D eigenvalue weighted by atomic mass is 32.1. The third kappa shape index (κ3) is 4.43. The second kappa shape index (κ2) is 8.83. The number of methoxy groups -OCH3 is 1. The number of ether oxygens (including phenoxy) is 1. The monoisotopic (exact) mass is 411 g/mol. The van der Waals surface area contributed by atoms with Crippen LogP contribution < -0.4 is 10.9 Å². The molecule has 0 bridgehead atoms. The van der Waals surface area contributed by atoms with E-state index in [9.17, 15) is 14.4 Å². The van der Waals surface area contributed by atoms with E-state index in [0.29, 0.717) is 28.7 Å². The van der Waals surface area contributed by atoms with Gasteiger partial charge in [-0.05, 0) is 54.5 Å². The molecular formula is C21H21N3O4S. The summed E-state index contributed by atoms with van der Waals surface area (Å²) >= 11 is 5.36. The molecule has 29 heavy (non-hydrogen) atoms. The molecule has 8 heteroatoms. The summed E-state index contributed by atoms with van der Waals surface area (Å²) in [6, 6.07) is 11.7. The Balaban J connectivity index is 1.95. The van der Waals surface area contributed by atoms with Crippen molar-refractivity contribution in [3.63, 3.8) is 0 Å². The minimum atomic E-state index is -0.492. The van der Waals surface area contributed by atoms with Gasteiger partial charge in [-0.15, -0.1) is 0 Å². The number of fused-ring (bicyclic) bond motifs is 1. The van der Waals surface area contributed by atoms with E-state index in [1.54, 1.807) is 36.4 Å². The maximum atomic E-state index is 13.0. The van der Waals surface area contributed by atoms with Gasteiger partial charge >= 0.3 is 5.97 Å². The van der Waals surface area contributed by atoms with Gasteiger partial charge in [0.05, 0.1) is 35.7 Å². The van der Waals surface area contributed by atoms with Crippen LogP contribution in [0.25, 0.3) is 16.6 Å². The molecule has 0 spiro atoms. The second-order valence-electron chi connectivity index (χ2n) is 6.52. The van der Waals surface area contributed by atoms with Crippen molar-refractivity contribution in [2.75, 3.05) is 13.7 Å². The number of H-pyrrole nitrogens is 1. The summed E-state index contributed by atoms with van der Waals surface area (Å²) in [5.41, 5.74) is 1.92. The average molecular weight is 411 g/mol. The molecule has 0 atom stereocenters. The molecule has 0 aliphatic rings. The SMILES string of the molecule is CCCNC(=O)Cc1ccc(-n2c(=S)[nH]c3cc(C(=O)OC)ccc3c2=O)cc1. The zero-order chi connectivity index (χ0) is 21.0. The first-order chi connectivity index (χ1) is 13.9. The van der Waals surface area contributed by atoms with Gasteiger partial charge in [-0.1, -0.05) is 19.1 Å². The molecule has 0 saturated carbocycles. The van der Waals surface area contributed by atoms with Crippen molar-refractivity contribution in [3.8, 4) is 5.69 Å². The molecule has 3 aromatic rings. The van der Waals surface area contributed by atoms with Gasteiger partial charge < -0.3 is 15.0 Å². The minimum absolute atomic E-state index is 0.0406. The van der Waals surface area contributed by atoms with Gasteiger partial charge in [0.1, 0.15) is 0 Å². The van der Waals surface area contributed by atoms with Gasteiger partial charge in [-0.25, -0.2) is 4.79 Å². The molecule has 1 amide bonds. The van der Waals surface area contributed by atoms with Crippen LogP contribution in [-0.2, 0) is 16.0 Å². The lowest BCUT2D eigenvalue weighted by molar-refractivity contribution is -0.120. The van der Waals surface area contributed by atoms with Crippen molar-refractivity contribution < 1.29 is 14.3 Å². The number of nitrogens with one attached hydrogen (secondary N) is 2. The van der Waals surface area contributed by atoms with E-state index in [1.807, 2.05) is 6.92 Å². The number of nitrogens with zero attached hydrogens (tertiary/aromatic N) is 1. The Bertz CT molecular complexity index is 1180. The highest BCUT2D eigenvalue weighted by molar-refractivity contribution is 7.71. The number of rotatable bonds is 6. The lowest BCUT2D eigenvalue weighted by Gasteiger charge is -2.10. The topological polar surface area (TPSA) is 93.2 Å². The molecule has 2 N–H and O–H groups in total. The van der Waals surface area contributed by atoms with Crippen LogP contribution in [0.15, 0.2) is 47.3 Å². The van der Waals surface area contributed by atoms with Crippen LogP contribution in [0.4, 0.5) is 0 Å². The number of hydrogen-bond acceptors (Lipinski definition) is 5. The first kappa shape index (κ1) is 20.5. The Labute approximate surface area is 172 Å². The fourth-order valence-electron chi connectivity index (χ4n) is 2.97. The molecule has 0 radical (unpaired) electrons. The third-order valence-corrected chi connectivity index (χ3v) is 4.73. The van der Waals surface area contributed by atoms with Crippen molar-refractivity contribution >= 4 is 35.0 Å². The van der Waals surface area contributed by atoms with Crippen LogP contribution in [0, 0.1) is 4.77 Å². The molecule has 0 unspecified atom stereocenters. The smallest absolute Gasteiger partial charge is 0.337 e. The lowest BCUT2D eigenvalue weighted by atomic mass is 10.1. The predicted molar refractivity (Wildman–Crippen MR) is 113 cm³/mol. The lowest BCUT2D eigenvalue weighted by Crippen LogP contribution is -2.25. The van der Waals surface area contributed by atoms with Crippen LogP contribution in [-0.4, -0.2) is 35.1 Å². The standard InChI is InChI=1S/C21H21N3O4S/c1-3-10-22-18(25)11-13-4-7-15(8-5-13)24-19(26)16-9-6-14(20(27)28-2)12-17(16)23-21(24)29/h4-9,12H,3,10-11H2,1-2H3,(H,22,25)(H,23,29). The zero-order valence-corrected chi connectivity index (χ0v) is 17.0. The molecule has 0 fully saturated rings. The summed E-state index contributed by atoms with van der Waals surface area (Å²) in [5.74, 6) is -0.532. The van der Waals surface area contributed by atoms with E-state index in [-0.39, 0.29) is 22.7 Å². The maximum Gasteiger partial charge on any atom is 0.337 e. The van der Waals surface area contributed by atoms with E-state index in [0.717, 1.165) is 12.0 Å². The van der Waals surface area contributed by atoms with Gasteiger partial charge in [-0.3, -0.25) is 14.2 Å². The molecule has 1 aromatic heterocycles. The van der Waals surface area contributed by atoms with Crippen LogP contribution in [0.1, 0.15) is 29.3 Å². The molecule has 150 valence electrons. The summed E-state index contributed by atoms with van der Waals surface area (Å²) in [6.45, 7) is 2.65. The molecule has 0 aliphatic carbocycles. The van der Waals surface area contributed by atoms with Gasteiger partial charge in [0, 0.05) is 6.54 Å². The van der Waals surface area contributed by atoms with E-state index >= 15 is 0 Å². The summed E-state index contributed by atoms with van der Waals surface area (Å²) < 4.78 is 6.30. The Morgan fingerprint density at radius 3 is 2.55 bits per heavy atom. The first-order valence-electron chi connectivity index (χ1n) is 9.18. The normalized spacial score (nSPS) is 10.7. The van der Waals surface area contributed by atoms with Crippen molar-refractivity contribution in [2.45, 2.75) is 19.8 Å². The van der Waals surface area contributed by atoms with Crippen LogP contribution in [0.2, 0.25) is 0 Å². The Morgan fingerprint density at radius 1 is 1.17 bits per heavy atom. The van der Waals surface area contributed by atoms with Gasteiger partial charge in [-0.2, -0.15) is 0 Å². The molecule has 7 nitrogen and oxygen atoms in total. The summed E-state index contributed by atoms with van der Waals surface area (Å²) in [7, 11) is 1.30. The fraction of sp³-hybridized carbons (Fsp3) is 0.238. The number of amides is 1. The largest absolute Gasteiger partial charge is 0.465 e. The van der Waals surface area contributed by atoms with Crippen molar-refractivity contribution in [1.29, 1.82) is 0 Å². The zero-order valence-electron chi connectivity index (χ0n) is 16.2. The van der Waals surface area contributed by atoms with Crippen molar-refractivity contribution in [3.05, 3.63) is 68.7 Å². The van der Waals surface area contributed by atoms with E-state index in [2.05, 4.69) is 10.3 Å². The number of carbonyl (C=O) groups is 2. The molecular weight excluding hydrogens is 390 g/mol. The highest BCUT2D eigenvalue weighted by Gasteiger charge is 2.12. The van der Waals surface area contributed by atoms with Crippen LogP contribution >= 0.6 is 12.2 Å². The highest BCUT2D eigenvalue weighted by Crippen LogP contribution is 2.15. The maximum absolute atomic E-state index is 13.0. The summed E-state index contributed by atoms with van der Waals surface area (Å²) in [5, 5.41) is 3.23. The van der Waals surface area contributed by atoms with E-state index in [4.69, 9.17) is 17.0 Å². The molecule has 3 rings (SSSR count). The van der Waals surface area contributed by atoms with Crippen LogP contribution in [0.5, 0.6) is 0 Å². The predicted octanol–water partition coefficient (Wildman–Crippen LogP) is 2.90. The number of esters is 1. The van der Waals surface area contributed by atoms with Crippen molar-refractivity contribution in [2.24, 2.45) is 0 Å². The van der Waals surface area contributed by atoms with E-state index < -0.39 is 5.97 Å². The minimum Gasteiger partial charge on any atom is -0.465 e. The molecule has 0 saturated heterocycles. The number of aromatic amines is 1. The summed E-state index contributed by atoms with van der Waals surface area (Å²) in [4.78, 5) is 39.5. The van der Waals surface area contributed by atoms with Gasteiger partial charge in [0.15, 0.2) is 4.77 Å². The Kier molecular flexibility index (Phi) is 6.23. The van der Waals surface area contributed by atoms with Crippen LogP contribution in [0.3, 0.4) is 0 Å². The molecule has 2 aromatic carbocycles. The molecule has 1 heterocycles. The summed E-state index contributed by atoms with van der Waals surface area (Å²) in [6.07, 6.45) is 1.16. The van der Waals surface area contributed by atoms with Gasteiger partial charge in [0.2, 0.25) is 5.91 Å². The number of carbonyl (C=O) groups excluding carboxylic acids is 2. The third-order valence-electron chi connectivity index (χ3n) is 4.45. The number of aromatic nitrogens is 2. The Hall–Kier alpha value is -3.26. The van der Waals surface area contributed by atoms with Crippen molar-refractivity contribution in [1.82, 2.24) is 14.9 Å². The Morgan fingerprint density at radius 2 is 1.90 bits per heavy atom. The number of benzene rings is 2. The van der Waals surface area contributed by atoms with E-state index in [1.165, 1.54) is 17.7 Å². The second-order valence-corrected chi connectivity index (χ2v) is 6.90. The van der Waals surface area contributed by atoms with Gasteiger partial charge in [0.25, 0.3) is 5.56 Å². The quantitative estimate of drug-likeness (QED) is 0.481. The first-order valence-corrected chi connectivity index (χ1v) is 9.59. The number of hydrogen-bond donors (Lipinski definition) is 2.